The summed E-state index contributed by atoms with van der Waals surface area (Å²) in [7, 11) is 0. The first-order valence-electron chi connectivity index (χ1n) is 16.0. The van der Waals surface area contributed by atoms with Crippen molar-refractivity contribution >= 4 is 97.1 Å². The topological polar surface area (TPSA) is 46.8 Å². The van der Waals surface area contributed by atoms with Crippen molar-refractivity contribution in [2.75, 3.05) is 0 Å². The molecule has 5 heteroatoms. The van der Waals surface area contributed by atoms with E-state index in [0.29, 0.717) is 5.56 Å². The molecule has 0 bridgehead atoms. The molecular formula is C43H23N3OS. The van der Waals surface area contributed by atoms with Crippen LogP contribution in [0.25, 0.3) is 97.1 Å². The summed E-state index contributed by atoms with van der Waals surface area (Å²) in [6.45, 7) is 0. The van der Waals surface area contributed by atoms with Gasteiger partial charge in [-0.1, -0.05) is 54.6 Å². The minimum atomic E-state index is 0.670. The molecule has 0 amide bonds. The van der Waals surface area contributed by atoms with Crippen LogP contribution in [0.1, 0.15) is 5.56 Å². The highest BCUT2D eigenvalue weighted by molar-refractivity contribution is 7.25. The molecule has 0 atom stereocenters. The van der Waals surface area contributed by atoms with E-state index >= 15 is 0 Å². The maximum Gasteiger partial charge on any atom is 0.136 e. The molecule has 0 saturated carbocycles. The van der Waals surface area contributed by atoms with Gasteiger partial charge in [-0.2, -0.15) is 5.26 Å². The molecule has 0 spiro atoms. The average Bonchev–Trinajstić information content (AvgIpc) is 3.88. The van der Waals surface area contributed by atoms with Crippen LogP contribution in [0.5, 0.6) is 0 Å². The third-order valence-electron chi connectivity index (χ3n) is 9.93. The lowest BCUT2D eigenvalue weighted by atomic mass is 10.1. The van der Waals surface area contributed by atoms with E-state index in [0.717, 1.165) is 60.6 Å². The van der Waals surface area contributed by atoms with Gasteiger partial charge >= 0.3 is 0 Å². The maximum absolute atomic E-state index is 9.61. The Labute approximate surface area is 277 Å². The molecule has 11 aromatic rings. The summed E-state index contributed by atoms with van der Waals surface area (Å²) in [6, 6.07) is 51.8. The van der Waals surface area contributed by atoms with Crippen molar-refractivity contribution in [3.05, 3.63) is 145 Å². The molecule has 0 radical (unpaired) electrons. The van der Waals surface area contributed by atoms with Crippen molar-refractivity contribution in [2.45, 2.75) is 0 Å². The third-order valence-corrected chi connectivity index (χ3v) is 11.1. The zero-order chi connectivity index (χ0) is 31.5. The highest BCUT2D eigenvalue weighted by Crippen LogP contribution is 2.43. The molecule has 4 nitrogen and oxygen atoms in total. The Morgan fingerprint density at radius 3 is 1.81 bits per heavy atom. The maximum atomic E-state index is 9.61. The van der Waals surface area contributed by atoms with Crippen molar-refractivity contribution in [1.82, 2.24) is 9.13 Å². The highest BCUT2D eigenvalue weighted by Gasteiger charge is 2.20. The Balaban J connectivity index is 1.18. The van der Waals surface area contributed by atoms with Gasteiger partial charge in [0.25, 0.3) is 0 Å². The van der Waals surface area contributed by atoms with Gasteiger partial charge in [-0.25, -0.2) is 0 Å². The Bertz CT molecular complexity index is 3200. The van der Waals surface area contributed by atoms with E-state index in [4.69, 9.17) is 4.42 Å². The predicted molar refractivity (Wildman–Crippen MR) is 200 cm³/mol. The lowest BCUT2D eigenvalue weighted by molar-refractivity contribution is 0.669. The first kappa shape index (κ1) is 25.8. The van der Waals surface area contributed by atoms with Crippen molar-refractivity contribution in [2.24, 2.45) is 0 Å². The van der Waals surface area contributed by atoms with Crippen LogP contribution in [-0.4, -0.2) is 9.13 Å². The number of furan rings is 1. The standard InChI is InChI=1S/C43H23N3OS/c44-24-25-13-16-36-31(21-25)28-7-1-4-10-34(28)45(36)26-14-19-40-32(22-26)33-23-27(15-20-41(33)48-40)46-35-11-5-2-8-29(35)42-37(46)17-18-39-43(42)30-9-3-6-12-38(30)47-39/h1-23H. The smallest absolute Gasteiger partial charge is 0.136 e. The molecule has 4 heterocycles. The number of thiophene rings is 1. The number of hydrogen-bond acceptors (Lipinski definition) is 3. The molecule has 7 aromatic carbocycles. The number of para-hydroxylation sites is 3. The normalized spacial score (nSPS) is 12.1. The van der Waals surface area contributed by atoms with Gasteiger partial charge in [0.1, 0.15) is 11.2 Å². The second-order valence-corrected chi connectivity index (χ2v) is 13.5. The minimum absolute atomic E-state index is 0.670. The second kappa shape index (κ2) is 9.36. The molecular weight excluding hydrogens is 607 g/mol. The number of aromatic nitrogens is 2. The number of nitriles is 1. The minimum Gasteiger partial charge on any atom is -0.456 e. The zero-order valence-corrected chi connectivity index (χ0v) is 26.3. The van der Waals surface area contributed by atoms with Crippen LogP contribution in [0.2, 0.25) is 0 Å². The molecule has 0 N–H and O–H groups in total. The van der Waals surface area contributed by atoms with Crippen molar-refractivity contribution in [1.29, 1.82) is 5.26 Å². The van der Waals surface area contributed by atoms with Crippen LogP contribution in [0.4, 0.5) is 0 Å². The summed E-state index contributed by atoms with van der Waals surface area (Å²) in [5.41, 5.74) is 9.29. The second-order valence-electron chi connectivity index (χ2n) is 12.4. The van der Waals surface area contributed by atoms with E-state index in [-0.39, 0.29) is 0 Å². The largest absolute Gasteiger partial charge is 0.456 e. The van der Waals surface area contributed by atoms with Crippen LogP contribution < -0.4 is 0 Å². The van der Waals surface area contributed by atoms with Crippen LogP contribution in [0, 0.1) is 11.3 Å². The summed E-state index contributed by atoms with van der Waals surface area (Å²) in [6.07, 6.45) is 0. The summed E-state index contributed by atoms with van der Waals surface area (Å²) in [5.74, 6) is 0. The first-order valence-corrected chi connectivity index (χ1v) is 16.8. The molecule has 0 aliphatic carbocycles. The summed E-state index contributed by atoms with van der Waals surface area (Å²) in [5, 5.41) is 19.1. The summed E-state index contributed by atoms with van der Waals surface area (Å²) in [4.78, 5) is 0. The fraction of sp³-hybridized carbons (Fsp3) is 0. The third kappa shape index (κ3) is 3.37. The quantitative estimate of drug-likeness (QED) is 0.191. The van der Waals surface area contributed by atoms with Crippen molar-refractivity contribution in [3.8, 4) is 17.4 Å². The Kier molecular flexibility index (Phi) is 5.03. The van der Waals surface area contributed by atoms with E-state index in [1.54, 1.807) is 0 Å². The SMILES string of the molecule is N#Cc1ccc2c(c1)c1ccccc1n2-c1ccc2sc3ccc(-n4c5ccccc5c5c6c(ccc54)oc4ccccc46)cc3c2c1. The molecule has 0 unspecified atom stereocenters. The fourth-order valence-electron chi connectivity index (χ4n) is 7.90. The summed E-state index contributed by atoms with van der Waals surface area (Å²) < 4.78 is 13.5. The van der Waals surface area contributed by atoms with E-state index in [1.807, 2.05) is 35.6 Å². The van der Waals surface area contributed by atoms with Gasteiger partial charge in [0.15, 0.2) is 0 Å². The van der Waals surface area contributed by atoms with Crippen LogP contribution in [0.3, 0.4) is 0 Å². The Hall–Kier alpha value is -6.35. The first-order chi connectivity index (χ1) is 23.7. The molecule has 222 valence electrons. The molecule has 0 saturated heterocycles. The number of nitrogens with zero attached hydrogens (tertiary/aromatic N) is 3. The number of fused-ring (bicyclic) bond motifs is 13. The molecule has 48 heavy (non-hydrogen) atoms. The Morgan fingerprint density at radius 2 is 1.06 bits per heavy atom. The van der Waals surface area contributed by atoms with E-state index in [1.165, 1.54) is 36.5 Å². The molecule has 11 rings (SSSR count). The zero-order valence-electron chi connectivity index (χ0n) is 25.4. The predicted octanol–water partition coefficient (Wildman–Crippen LogP) is 12.0. The van der Waals surface area contributed by atoms with Crippen LogP contribution >= 0.6 is 11.3 Å². The average molecular weight is 630 g/mol. The van der Waals surface area contributed by atoms with Crippen molar-refractivity contribution in [3.63, 3.8) is 0 Å². The van der Waals surface area contributed by atoms with Gasteiger partial charge < -0.3 is 13.6 Å². The number of benzene rings is 7. The van der Waals surface area contributed by atoms with Gasteiger partial charge in [-0.05, 0) is 84.9 Å². The van der Waals surface area contributed by atoms with E-state index in [2.05, 4.69) is 130 Å². The molecule has 0 fully saturated rings. The van der Waals surface area contributed by atoms with E-state index < -0.39 is 0 Å². The van der Waals surface area contributed by atoms with Gasteiger partial charge in [-0.3, -0.25) is 0 Å². The molecule has 0 aliphatic heterocycles. The summed E-state index contributed by atoms with van der Waals surface area (Å²) >= 11 is 1.83. The number of hydrogen-bond donors (Lipinski definition) is 0. The van der Waals surface area contributed by atoms with Gasteiger partial charge in [0.05, 0.1) is 33.7 Å². The Morgan fingerprint density at radius 1 is 0.458 bits per heavy atom. The monoisotopic (exact) mass is 629 g/mol. The van der Waals surface area contributed by atoms with Crippen molar-refractivity contribution < 1.29 is 4.42 Å². The fourth-order valence-corrected chi connectivity index (χ4v) is 8.97. The molecule has 0 aliphatic rings. The lowest BCUT2D eigenvalue weighted by Crippen LogP contribution is -1.94. The van der Waals surface area contributed by atoms with Crippen LogP contribution in [-0.2, 0) is 0 Å². The van der Waals surface area contributed by atoms with Gasteiger partial charge in [0.2, 0.25) is 0 Å². The lowest BCUT2D eigenvalue weighted by Gasteiger charge is -2.10. The van der Waals surface area contributed by atoms with E-state index in [9.17, 15) is 5.26 Å². The van der Waals surface area contributed by atoms with Gasteiger partial charge in [0, 0.05) is 63.9 Å². The molecule has 4 aromatic heterocycles. The number of rotatable bonds is 2. The van der Waals surface area contributed by atoms with Crippen LogP contribution in [0.15, 0.2) is 144 Å². The highest BCUT2D eigenvalue weighted by atomic mass is 32.1. The van der Waals surface area contributed by atoms with Gasteiger partial charge in [-0.15, -0.1) is 11.3 Å².